The first-order valence-electron chi connectivity index (χ1n) is 8.05. The Morgan fingerprint density at radius 1 is 1.24 bits per heavy atom. The maximum Gasteiger partial charge on any atom is 0.148 e. The number of rotatable bonds is 7. The number of nitrogen functional groups attached to an aromatic ring is 1. The molecule has 1 aromatic heterocycles. The molecule has 1 fully saturated rings. The number of aromatic nitrogens is 2. The van der Waals surface area contributed by atoms with Gasteiger partial charge in [0.05, 0.1) is 0 Å². The molecule has 4 N–H and O–H groups in total. The smallest absolute Gasteiger partial charge is 0.148 e. The molecule has 0 aromatic carbocycles. The molecule has 1 aromatic rings. The lowest BCUT2D eigenvalue weighted by Gasteiger charge is -2.31. The zero-order chi connectivity index (χ0) is 15.1. The lowest BCUT2D eigenvalue weighted by atomic mass is 9.97. The standard InChI is InChI=1S/C15H28N6/c1-3-5-13-14(18-11-19-15(13)20-16)17-10-12-6-8-21(4-2)9-7-12/h11-12H,3-10,16H2,1-2H3,(H2,17,18,19,20). The van der Waals surface area contributed by atoms with Gasteiger partial charge in [0, 0.05) is 12.1 Å². The Labute approximate surface area is 127 Å². The average molecular weight is 292 g/mol. The minimum atomic E-state index is 0.728. The van der Waals surface area contributed by atoms with Crippen LogP contribution in [0, 0.1) is 5.92 Å². The molecule has 1 saturated heterocycles. The van der Waals surface area contributed by atoms with E-state index in [1.807, 2.05) is 0 Å². The summed E-state index contributed by atoms with van der Waals surface area (Å²) in [7, 11) is 0. The summed E-state index contributed by atoms with van der Waals surface area (Å²) >= 11 is 0. The summed E-state index contributed by atoms with van der Waals surface area (Å²) in [6, 6.07) is 0. The van der Waals surface area contributed by atoms with Crippen LogP contribution in [0.25, 0.3) is 0 Å². The van der Waals surface area contributed by atoms with Crippen LogP contribution < -0.4 is 16.6 Å². The predicted octanol–water partition coefficient (Wildman–Crippen LogP) is 1.86. The van der Waals surface area contributed by atoms with E-state index in [2.05, 4.69) is 39.5 Å². The summed E-state index contributed by atoms with van der Waals surface area (Å²) in [5.41, 5.74) is 3.77. The van der Waals surface area contributed by atoms with E-state index >= 15 is 0 Å². The van der Waals surface area contributed by atoms with Crippen molar-refractivity contribution in [1.29, 1.82) is 0 Å². The first-order valence-corrected chi connectivity index (χ1v) is 8.05. The number of piperidine rings is 1. The van der Waals surface area contributed by atoms with Gasteiger partial charge in [-0.25, -0.2) is 15.8 Å². The number of nitrogens with two attached hydrogens (primary N) is 1. The van der Waals surface area contributed by atoms with Crippen LogP contribution in [0.4, 0.5) is 11.6 Å². The van der Waals surface area contributed by atoms with Crippen LogP contribution in [0.1, 0.15) is 38.7 Å². The monoisotopic (exact) mass is 292 g/mol. The van der Waals surface area contributed by atoms with Gasteiger partial charge in [0.2, 0.25) is 0 Å². The van der Waals surface area contributed by atoms with Crippen molar-refractivity contribution in [3.05, 3.63) is 11.9 Å². The lowest BCUT2D eigenvalue weighted by Crippen LogP contribution is -2.35. The number of hydrazine groups is 1. The molecule has 0 atom stereocenters. The van der Waals surface area contributed by atoms with E-state index in [1.165, 1.54) is 25.9 Å². The lowest BCUT2D eigenvalue weighted by molar-refractivity contribution is 0.198. The number of hydrogen-bond donors (Lipinski definition) is 3. The summed E-state index contributed by atoms with van der Waals surface area (Å²) in [5, 5.41) is 3.51. The third-order valence-corrected chi connectivity index (χ3v) is 4.29. The van der Waals surface area contributed by atoms with E-state index in [9.17, 15) is 0 Å². The van der Waals surface area contributed by atoms with Gasteiger partial charge >= 0.3 is 0 Å². The van der Waals surface area contributed by atoms with Gasteiger partial charge < -0.3 is 15.6 Å². The Morgan fingerprint density at radius 2 is 1.95 bits per heavy atom. The molecule has 0 radical (unpaired) electrons. The predicted molar refractivity (Wildman–Crippen MR) is 87.2 cm³/mol. The van der Waals surface area contributed by atoms with E-state index in [4.69, 9.17) is 5.84 Å². The van der Waals surface area contributed by atoms with Crippen molar-refractivity contribution in [3.63, 3.8) is 0 Å². The van der Waals surface area contributed by atoms with Gasteiger partial charge in [-0.15, -0.1) is 0 Å². The average Bonchev–Trinajstić information content (AvgIpc) is 2.54. The fourth-order valence-electron chi connectivity index (χ4n) is 2.92. The molecule has 21 heavy (non-hydrogen) atoms. The molecule has 0 saturated carbocycles. The molecule has 118 valence electrons. The Kier molecular flexibility index (Phi) is 6.20. The van der Waals surface area contributed by atoms with Crippen LogP contribution >= 0.6 is 0 Å². The fraction of sp³-hybridized carbons (Fsp3) is 0.733. The summed E-state index contributed by atoms with van der Waals surface area (Å²) in [6.45, 7) is 8.96. The Bertz CT molecular complexity index is 428. The molecule has 1 aliphatic heterocycles. The molecule has 0 amide bonds. The highest BCUT2D eigenvalue weighted by molar-refractivity contribution is 5.56. The molecule has 6 nitrogen and oxygen atoms in total. The van der Waals surface area contributed by atoms with Gasteiger partial charge in [-0.1, -0.05) is 20.3 Å². The van der Waals surface area contributed by atoms with E-state index in [0.717, 1.165) is 49.0 Å². The van der Waals surface area contributed by atoms with E-state index in [-0.39, 0.29) is 0 Å². The van der Waals surface area contributed by atoms with Crippen LogP contribution in [0.3, 0.4) is 0 Å². The largest absolute Gasteiger partial charge is 0.369 e. The summed E-state index contributed by atoms with van der Waals surface area (Å²) in [4.78, 5) is 11.1. The highest BCUT2D eigenvalue weighted by atomic mass is 15.3. The van der Waals surface area contributed by atoms with Gasteiger partial charge in [-0.2, -0.15) is 0 Å². The Morgan fingerprint density at radius 3 is 2.57 bits per heavy atom. The molecule has 0 aliphatic carbocycles. The number of anilines is 2. The van der Waals surface area contributed by atoms with Gasteiger partial charge in [0.15, 0.2) is 0 Å². The van der Waals surface area contributed by atoms with Crippen molar-refractivity contribution in [2.24, 2.45) is 11.8 Å². The van der Waals surface area contributed by atoms with Crippen molar-refractivity contribution in [3.8, 4) is 0 Å². The summed E-state index contributed by atoms with van der Waals surface area (Å²) < 4.78 is 0. The first-order chi connectivity index (χ1) is 10.3. The second-order valence-corrected chi connectivity index (χ2v) is 5.70. The van der Waals surface area contributed by atoms with Gasteiger partial charge in [0.25, 0.3) is 0 Å². The zero-order valence-electron chi connectivity index (χ0n) is 13.2. The molecule has 0 unspecified atom stereocenters. The van der Waals surface area contributed by atoms with Crippen molar-refractivity contribution in [2.75, 3.05) is 36.9 Å². The van der Waals surface area contributed by atoms with E-state index in [0.29, 0.717) is 0 Å². The molecular weight excluding hydrogens is 264 g/mol. The van der Waals surface area contributed by atoms with Crippen LogP contribution in [-0.2, 0) is 6.42 Å². The van der Waals surface area contributed by atoms with Gasteiger partial charge in [0.1, 0.15) is 18.0 Å². The highest BCUT2D eigenvalue weighted by Crippen LogP contribution is 2.23. The van der Waals surface area contributed by atoms with Crippen LogP contribution in [0.15, 0.2) is 6.33 Å². The minimum Gasteiger partial charge on any atom is -0.369 e. The molecule has 0 bridgehead atoms. The molecule has 6 heteroatoms. The molecular formula is C15H28N6. The minimum absolute atomic E-state index is 0.728. The SMILES string of the molecule is CCCc1c(NN)ncnc1NCC1CCN(CC)CC1. The maximum atomic E-state index is 5.55. The number of hydrogen-bond acceptors (Lipinski definition) is 6. The van der Waals surface area contributed by atoms with E-state index in [1.54, 1.807) is 6.33 Å². The van der Waals surface area contributed by atoms with Crippen molar-refractivity contribution in [1.82, 2.24) is 14.9 Å². The highest BCUT2D eigenvalue weighted by Gasteiger charge is 2.18. The zero-order valence-corrected chi connectivity index (χ0v) is 13.2. The normalized spacial score (nSPS) is 16.9. The topological polar surface area (TPSA) is 79.1 Å². The van der Waals surface area contributed by atoms with Crippen molar-refractivity contribution < 1.29 is 0 Å². The van der Waals surface area contributed by atoms with Gasteiger partial charge in [-0.05, 0) is 44.8 Å². The molecule has 2 rings (SSSR count). The van der Waals surface area contributed by atoms with Gasteiger partial charge in [-0.3, -0.25) is 0 Å². The molecule has 0 spiro atoms. The fourth-order valence-corrected chi connectivity index (χ4v) is 2.92. The quantitative estimate of drug-likeness (QED) is 0.526. The van der Waals surface area contributed by atoms with Crippen molar-refractivity contribution >= 4 is 11.6 Å². The molecule has 2 heterocycles. The second kappa shape index (κ2) is 8.14. The van der Waals surface area contributed by atoms with E-state index < -0.39 is 0 Å². The van der Waals surface area contributed by atoms with Crippen molar-refractivity contribution in [2.45, 2.75) is 39.5 Å². The van der Waals surface area contributed by atoms with Crippen LogP contribution in [0.5, 0.6) is 0 Å². The third-order valence-electron chi connectivity index (χ3n) is 4.29. The Balaban J connectivity index is 1.93. The number of nitrogens with zero attached hydrogens (tertiary/aromatic N) is 3. The summed E-state index contributed by atoms with van der Waals surface area (Å²) in [6.07, 6.45) is 6.06. The summed E-state index contributed by atoms with van der Waals surface area (Å²) in [5.74, 6) is 7.93. The Hall–Kier alpha value is -1.40. The number of nitrogens with one attached hydrogen (secondary N) is 2. The van der Waals surface area contributed by atoms with Crippen LogP contribution in [-0.4, -0.2) is 41.0 Å². The third kappa shape index (κ3) is 4.28. The second-order valence-electron chi connectivity index (χ2n) is 5.70. The molecule has 1 aliphatic rings. The maximum absolute atomic E-state index is 5.55. The number of likely N-dealkylation sites (tertiary alicyclic amines) is 1. The first kappa shape index (κ1) is 16.0. The van der Waals surface area contributed by atoms with Crippen LogP contribution in [0.2, 0.25) is 0 Å².